The first kappa shape index (κ1) is 14.1. The topological polar surface area (TPSA) is 63.6 Å². The van der Waals surface area contributed by atoms with Crippen LogP contribution in [0.3, 0.4) is 0 Å². The van der Waals surface area contributed by atoms with Crippen LogP contribution < -0.4 is 4.74 Å². The lowest BCUT2D eigenvalue weighted by Crippen LogP contribution is -2.05. The van der Waals surface area contributed by atoms with Crippen LogP contribution in [0.4, 0.5) is 0 Å². The molecule has 0 aliphatic rings. The van der Waals surface area contributed by atoms with Crippen LogP contribution in [-0.2, 0) is 4.79 Å². The molecule has 0 saturated heterocycles. The van der Waals surface area contributed by atoms with Crippen molar-refractivity contribution in [2.24, 2.45) is 0 Å². The number of esters is 1. The van der Waals surface area contributed by atoms with E-state index in [1.54, 1.807) is 24.3 Å². The lowest BCUT2D eigenvalue weighted by Gasteiger charge is -2.13. The predicted octanol–water partition coefficient (Wildman–Crippen LogP) is 3.63. The second-order valence-electron chi connectivity index (χ2n) is 4.07. The molecule has 0 amide bonds. The molecule has 20 heavy (non-hydrogen) atoms. The Bertz CT molecular complexity index is 665. The molecule has 0 spiro atoms. The monoisotopic (exact) mass is 290 g/mol. The molecule has 0 unspecified atom stereocenters. The molecule has 102 valence electrons. The van der Waals surface area contributed by atoms with E-state index in [-0.39, 0.29) is 16.3 Å². The maximum atomic E-state index is 11.1. The second kappa shape index (κ2) is 5.75. The molecule has 5 heteroatoms. The van der Waals surface area contributed by atoms with Gasteiger partial charge in [0.25, 0.3) is 0 Å². The van der Waals surface area contributed by atoms with Crippen molar-refractivity contribution in [3.05, 3.63) is 53.1 Å². The van der Waals surface area contributed by atoms with Crippen LogP contribution in [0.25, 0.3) is 11.1 Å². The van der Waals surface area contributed by atoms with E-state index in [2.05, 4.69) is 0 Å². The highest BCUT2D eigenvalue weighted by Gasteiger charge is 2.19. The van der Waals surface area contributed by atoms with Crippen molar-refractivity contribution in [3.8, 4) is 16.9 Å². The van der Waals surface area contributed by atoms with Crippen molar-refractivity contribution in [2.45, 2.75) is 6.92 Å². The third-order valence-electron chi connectivity index (χ3n) is 2.65. The zero-order valence-corrected chi connectivity index (χ0v) is 11.3. The molecular weight excluding hydrogens is 280 g/mol. The summed E-state index contributed by atoms with van der Waals surface area (Å²) in [6.45, 7) is 1.27. The van der Waals surface area contributed by atoms with E-state index in [1.807, 2.05) is 6.07 Å². The summed E-state index contributed by atoms with van der Waals surface area (Å²) < 4.78 is 5.10. The summed E-state index contributed by atoms with van der Waals surface area (Å²) in [5.41, 5.74) is 1.03. The lowest BCUT2D eigenvalue weighted by atomic mass is 10.0. The fourth-order valence-electron chi connectivity index (χ4n) is 1.84. The van der Waals surface area contributed by atoms with Crippen molar-refractivity contribution in [1.29, 1.82) is 0 Å². The van der Waals surface area contributed by atoms with Gasteiger partial charge in [-0.1, -0.05) is 41.9 Å². The maximum absolute atomic E-state index is 11.1. The van der Waals surface area contributed by atoms with Crippen molar-refractivity contribution in [2.75, 3.05) is 0 Å². The van der Waals surface area contributed by atoms with E-state index in [9.17, 15) is 9.59 Å². The van der Waals surface area contributed by atoms with Gasteiger partial charge in [-0.3, -0.25) is 4.79 Å². The standard InChI is InChI=1S/C15H11ClO4/c1-9(17)20-12-8-7-11(15(18)19)14(16)13(12)10-5-3-2-4-6-10/h2-8H,1H3,(H,18,19). The molecule has 2 aromatic rings. The van der Waals surface area contributed by atoms with Crippen molar-refractivity contribution in [3.63, 3.8) is 0 Å². The minimum Gasteiger partial charge on any atom is -0.478 e. The fraction of sp³-hybridized carbons (Fsp3) is 0.0667. The maximum Gasteiger partial charge on any atom is 0.337 e. The van der Waals surface area contributed by atoms with E-state index < -0.39 is 11.9 Å². The molecule has 0 aliphatic carbocycles. The Balaban J connectivity index is 2.69. The van der Waals surface area contributed by atoms with Crippen LogP contribution in [0, 0.1) is 0 Å². The van der Waals surface area contributed by atoms with E-state index >= 15 is 0 Å². The Hall–Kier alpha value is -2.33. The first-order valence-corrected chi connectivity index (χ1v) is 6.18. The summed E-state index contributed by atoms with van der Waals surface area (Å²) in [4.78, 5) is 22.3. The van der Waals surface area contributed by atoms with E-state index in [4.69, 9.17) is 21.4 Å². The second-order valence-corrected chi connectivity index (χ2v) is 4.44. The number of rotatable bonds is 3. The Kier molecular flexibility index (Phi) is 4.05. The van der Waals surface area contributed by atoms with Crippen LogP contribution in [0.1, 0.15) is 17.3 Å². The molecule has 0 bridgehead atoms. The smallest absolute Gasteiger partial charge is 0.337 e. The molecule has 2 aromatic carbocycles. The molecular formula is C15H11ClO4. The van der Waals surface area contributed by atoms with Gasteiger partial charge < -0.3 is 9.84 Å². The number of carbonyl (C=O) groups is 2. The van der Waals surface area contributed by atoms with Crippen LogP contribution in [0.2, 0.25) is 5.02 Å². The Labute approximate surface area is 120 Å². The van der Waals surface area contributed by atoms with Crippen LogP contribution in [0.15, 0.2) is 42.5 Å². The fourth-order valence-corrected chi connectivity index (χ4v) is 2.18. The number of carboxylic acids is 1. The van der Waals surface area contributed by atoms with Gasteiger partial charge in [-0.25, -0.2) is 4.79 Å². The highest BCUT2D eigenvalue weighted by atomic mass is 35.5. The van der Waals surface area contributed by atoms with Gasteiger partial charge in [-0.15, -0.1) is 0 Å². The molecule has 0 aromatic heterocycles. The molecule has 4 nitrogen and oxygen atoms in total. The van der Waals surface area contributed by atoms with Gasteiger partial charge in [0.1, 0.15) is 5.75 Å². The first-order chi connectivity index (χ1) is 9.50. The summed E-state index contributed by atoms with van der Waals surface area (Å²) in [7, 11) is 0. The summed E-state index contributed by atoms with van der Waals surface area (Å²) in [6, 6.07) is 11.7. The molecule has 0 aliphatic heterocycles. The van der Waals surface area contributed by atoms with Gasteiger partial charge in [0.15, 0.2) is 0 Å². The minimum absolute atomic E-state index is 0.0404. The average Bonchev–Trinajstić information content (AvgIpc) is 2.39. The van der Waals surface area contributed by atoms with Gasteiger partial charge in [-0.2, -0.15) is 0 Å². The van der Waals surface area contributed by atoms with Crippen molar-refractivity contribution in [1.82, 2.24) is 0 Å². The highest BCUT2D eigenvalue weighted by Crippen LogP contribution is 2.38. The van der Waals surface area contributed by atoms with Crippen LogP contribution in [0.5, 0.6) is 5.75 Å². The number of ether oxygens (including phenoxy) is 1. The third-order valence-corrected chi connectivity index (χ3v) is 3.04. The van der Waals surface area contributed by atoms with Gasteiger partial charge >= 0.3 is 11.9 Å². The minimum atomic E-state index is -1.14. The normalized spacial score (nSPS) is 10.1. The predicted molar refractivity (Wildman–Crippen MR) is 75.2 cm³/mol. The van der Waals surface area contributed by atoms with Crippen LogP contribution in [-0.4, -0.2) is 17.0 Å². The van der Waals surface area contributed by atoms with Gasteiger partial charge in [0, 0.05) is 12.5 Å². The highest BCUT2D eigenvalue weighted by molar-refractivity contribution is 6.36. The number of aromatic carboxylic acids is 1. The van der Waals surface area contributed by atoms with Gasteiger partial charge in [0.05, 0.1) is 10.6 Å². The molecule has 0 fully saturated rings. The first-order valence-electron chi connectivity index (χ1n) is 5.80. The molecule has 0 saturated carbocycles. The van der Waals surface area contributed by atoms with Gasteiger partial charge in [-0.05, 0) is 17.7 Å². The van der Waals surface area contributed by atoms with Crippen LogP contribution >= 0.6 is 11.6 Å². The third kappa shape index (κ3) is 2.81. The number of hydrogen-bond donors (Lipinski definition) is 1. The zero-order chi connectivity index (χ0) is 14.7. The van der Waals surface area contributed by atoms with Crippen molar-refractivity contribution >= 4 is 23.5 Å². The molecule has 0 heterocycles. The molecule has 0 radical (unpaired) electrons. The Morgan fingerprint density at radius 1 is 1.10 bits per heavy atom. The zero-order valence-electron chi connectivity index (χ0n) is 10.6. The molecule has 1 N–H and O–H groups in total. The lowest BCUT2D eigenvalue weighted by molar-refractivity contribution is -0.131. The Morgan fingerprint density at radius 3 is 2.30 bits per heavy atom. The van der Waals surface area contributed by atoms with E-state index in [0.29, 0.717) is 11.1 Å². The van der Waals surface area contributed by atoms with E-state index in [0.717, 1.165) is 0 Å². The average molecular weight is 291 g/mol. The SMILES string of the molecule is CC(=O)Oc1ccc(C(=O)O)c(Cl)c1-c1ccccc1. The van der Waals surface area contributed by atoms with Gasteiger partial charge in [0.2, 0.25) is 0 Å². The Morgan fingerprint density at radius 2 is 1.75 bits per heavy atom. The number of carbonyl (C=O) groups excluding carboxylic acids is 1. The number of benzene rings is 2. The molecule has 2 rings (SSSR count). The summed E-state index contributed by atoms with van der Waals surface area (Å²) in [5, 5.41) is 9.16. The largest absolute Gasteiger partial charge is 0.478 e. The van der Waals surface area contributed by atoms with Crippen molar-refractivity contribution < 1.29 is 19.4 Å². The van der Waals surface area contributed by atoms with E-state index in [1.165, 1.54) is 19.1 Å². The number of hydrogen-bond acceptors (Lipinski definition) is 3. The summed E-state index contributed by atoms with van der Waals surface area (Å²) in [5.74, 6) is -1.40. The summed E-state index contributed by atoms with van der Waals surface area (Å²) in [6.07, 6.45) is 0. The quantitative estimate of drug-likeness (QED) is 0.692. The molecule has 0 atom stereocenters. The number of carboxylic acid groups (broad SMARTS) is 1. The number of halogens is 1. The summed E-state index contributed by atoms with van der Waals surface area (Å²) >= 11 is 6.15.